The van der Waals surface area contributed by atoms with Gasteiger partial charge >= 0.3 is 6.18 Å². The lowest BCUT2D eigenvalue weighted by atomic mass is 9.97. The van der Waals surface area contributed by atoms with Crippen LogP contribution in [0.2, 0.25) is 0 Å². The fraction of sp³-hybridized carbons (Fsp3) is 0.400. The first-order valence-electron chi connectivity index (χ1n) is 4.41. The molecule has 2 nitrogen and oxygen atoms in total. The lowest BCUT2D eigenvalue weighted by Gasteiger charge is -2.16. The number of halogens is 3. The standard InChI is InChI=1S/C10H12F3NO/c1-6-7(9(14)5-15)3-2-4-8(6)10(11,12)13/h2-4,9,15H,5,14H2,1H3. The van der Waals surface area contributed by atoms with Crippen LogP contribution in [0.25, 0.3) is 0 Å². The van der Waals surface area contributed by atoms with Crippen LogP contribution in [-0.4, -0.2) is 11.7 Å². The van der Waals surface area contributed by atoms with Gasteiger partial charge in [0, 0.05) is 0 Å². The summed E-state index contributed by atoms with van der Waals surface area (Å²) in [6.45, 7) is 0.982. The van der Waals surface area contributed by atoms with Crippen molar-refractivity contribution in [1.82, 2.24) is 0 Å². The zero-order chi connectivity index (χ0) is 11.6. The zero-order valence-electron chi connectivity index (χ0n) is 8.17. The van der Waals surface area contributed by atoms with Crippen molar-refractivity contribution in [3.05, 3.63) is 34.9 Å². The van der Waals surface area contributed by atoms with Crippen molar-refractivity contribution in [2.45, 2.75) is 19.1 Å². The van der Waals surface area contributed by atoms with E-state index < -0.39 is 17.8 Å². The number of hydrogen-bond acceptors (Lipinski definition) is 2. The molecule has 0 radical (unpaired) electrons. The zero-order valence-corrected chi connectivity index (χ0v) is 8.17. The van der Waals surface area contributed by atoms with E-state index in [1.807, 2.05) is 0 Å². The summed E-state index contributed by atoms with van der Waals surface area (Å²) in [5.74, 6) is 0. The molecular formula is C10H12F3NO. The normalized spacial score (nSPS) is 14.0. The number of alkyl halides is 3. The minimum atomic E-state index is -4.38. The van der Waals surface area contributed by atoms with Crippen LogP contribution in [0.3, 0.4) is 0 Å². The van der Waals surface area contributed by atoms with Crippen molar-refractivity contribution in [2.75, 3.05) is 6.61 Å². The van der Waals surface area contributed by atoms with Crippen LogP contribution in [0.5, 0.6) is 0 Å². The highest BCUT2D eigenvalue weighted by Gasteiger charge is 2.33. The molecule has 1 aromatic carbocycles. The van der Waals surface area contributed by atoms with Crippen LogP contribution in [0, 0.1) is 6.92 Å². The first-order valence-corrected chi connectivity index (χ1v) is 4.41. The Morgan fingerprint density at radius 2 is 2.00 bits per heavy atom. The van der Waals surface area contributed by atoms with Crippen LogP contribution in [0.15, 0.2) is 18.2 Å². The summed E-state index contributed by atoms with van der Waals surface area (Å²) in [5.41, 5.74) is 5.19. The van der Waals surface area contributed by atoms with Crippen molar-refractivity contribution in [3.8, 4) is 0 Å². The van der Waals surface area contributed by atoms with Crippen molar-refractivity contribution < 1.29 is 18.3 Å². The Labute approximate surface area is 85.5 Å². The molecule has 3 N–H and O–H groups in total. The molecule has 0 spiro atoms. The largest absolute Gasteiger partial charge is 0.416 e. The highest BCUT2D eigenvalue weighted by molar-refractivity contribution is 5.37. The third-order valence-electron chi connectivity index (χ3n) is 2.28. The average molecular weight is 219 g/mol. The SMILES string of the molecule is Cc1c(C(N)CO)cccc1C(F)(F)F. The molecular weight excluding hydrogens is 207 g/mol. The predicted molar refractivity (Wildman–Crippen MR) is 50.2 cm³/mol. The highest BCUT2D eigenvalue weighted by atomic mass is 19.4. The van der Waals surface area contributed by atoms with Gasteiger partial charge in [0.25, 0.3) is 0 Å². The molecule has 0 aliphatic carbocycles. The topological polar surface area (TPSA) is 46.2 Å². The summed E-state index contributed by atoms with van der Waals surface area (Å²) >= 11 is 0. The van der Waals surface area contributed by atoms with Crippen LogP contribution in [0.1, 0.15) is 22.7 Å². The van der Waals surface area contributed by atoms with Gasteiger partial charge in [-0.1, -0.05) is 12.1 Å². The van der Waals surface area contributed by atoms with Gasteiger partial charge in [0.2, 0.25) is 0 Å². The summed E-state index contributed by atoms with van der Waals surface area (Å²) in [6.07, 6.45) is -4.38. The van der Waals surface area contributed by atoms with E-state index in [-0.39, 0.29) is 12.2 Å². The van der Waals surface area contributed by atoms with Gasteiger partial charge in [-0.3, -0.25) is 0 Å². The molecule has 5 heteroatoms. The van der Waals surface area contributed by atoms with E-state index in [0.717, 1.165) is 6.07 Å². The van der Waals surface area contributed by atoms with Crippen LogP contribution >= 0.6 is 0 Å². The Hall–Kier alpha value is -1.07. The van der Waals surface area contributed by atoms with E-state index >= 15 is 0 Å². The van der Waals surface area contributed by atoms with Gasteiger partial charge in [0.05, 0.1) is 18.2 Å². The van der Waals surface area contributed by atoms with E-state index in [0.29, 0.717) is 5.56 Å². The van der Waals surface area contributed by atoms with Crippen LogP contribution < -0.4 is 5.73 Å². The molecule has 0 saturated carbocycles. The molecule has 1 rings (SSSR count). The molecule has 0 amide bonds. The fourth-order valence-electron chi connectivity index (χ4n) is 1.46. The Morgan fingerprint density at radius 3 is 2.47 bits per heavy atom. The monoisotopic (exact) mass is 219 g/mol. The molecule has 1 unspecified atom stereocenters. The van der Waals surface area contributed by atoms with E-state index in [2.05, 4.69) is 0 Å². The summed E-state index contributed by atoms with van der Waals surface area (Å²) in [6, 6.07) is 3.02. The minimum absolute atomic E-state index is 0.0755. The van der Waals surface area contributed by atoms with E-state index in [4.69, 9.17) is 10.8 Å². The average Bonchev–Trinajstić information content (AvgIpc) is 2.15. The minimum Gasteiger partial charge on any atom is -0.394 e. The molecule has 0 heterocycles. The second-order valence-electron chi connectivity index (χ2n) is 3.31. The third kappa shape index (κ3) is 2.49. The maximum Gasteiger partial charge on any atom is 0.416 e. The van der Waals surface area contributed by atoms with Gasteiger partial charge in [0.1, 0.15) is 0 Å². The van der Waals surface area contributed by atoms with E-state index in [1.165, 1.54) is 19.1 Å². The lowest BCUT2D eigenvalue weighted by Crippen LogP contribution is -2.18. The van der Waals surface area contributed by atoms with Gasteiger partial charge < -0.3 is 10.8 Å². The van der Waals surface area contributed by atoms with Crippen molar-refractivity contribution >= 4 is 0 Å². The van der Waals surface area contributed by atoms with Crippen molar-refractivity contribution in [3.63, 3.8) is 0 Å². The van der Waals surface area contributed by atoms with Gasteiger partial charge in [-0.15, -0.1) is 0 Å². The Morgan fingerprint density at radius 1 is 1.40 bits per heavy atom. The van der Waals surface area contributed by atoms with E-state index in [9.17, 15) is 13.2 Å². The quantitative estimate of drug-likeness (QED) is 0.799. The molecule has 0 bridgehead atoms. The molecule has 0 aromatic heterocycles. The first-order chi connectivity index (χ1) is 6.88. The molecule has 0 aliphatic rings. The highest BCUT2D eigenvalue weighted by Crippen LogP contribution is 2.33. The summed E-state index contributed by atoms with van der Waals surface area (Å²) in [7, 11) is 0. The van der Waals surface area contributed by atoms with Crippen LogP contribution in [-0.2, 0) is 6.18 Å². The van der Waals surface area contributed by atoms with Crippen molar-refractivity contribution in [2.24, 2.45) is 5.73 Å². The molecule has 0 fully saturated rings. The molecule has 84 valence electrons. The number of rotatable bonds is 2. The van der Waals surface area contributed by atoms with Gasteiger partial charge in [0.15, 0.2) is 0 Å². The maximum absolute atomic E-state index is 12.5. The number of hydrogen-bond donors (Lipinski definition) is 2. The lowest BCUT2D eigenvalue weighted by molar-refractivity contribution is -0.138. The van der Waals surface area contributed by atoms with Gasteiger partial charge in [-0.05, 0) is 24.1 Å². The second-order valence-corrected chi connectivity index (χ2v) is 3.31. The fourth-order valence-corrected chi connectivity index (χ4v) is 1.46. The first kappa shape index (κ1) is 12.0. The molecule has 0 saturated heterocycles. The molecule has 1 atom stereocenters. The number of aliphatic hydroxyl groups is 1. The van der Waals surface area contributed by atoms with Gasteiger partial charge in [-0.2, -0.15) is 13.2 Å². The van der Waals surface area contributed by atoms with E-state index in [1.54, 1.807) is 0 Å². The Balaban J connectivity index is 3.23. The Kier molecular flexibility index (Phi) is 3.36. The summed E-state index contributed by atoms with van der Waals surface area (Å²) < 4.78 is 37.5. The third-order valence-corrected chi connectivity index (χ3v) is 2.28. The molecule has 1 aromatic rings. The maximum atomic E-state index is 12.5. The van der Waals surface area contributed by atoms with Gasteiger partial charge in [-0.25, -0.2) is 0 Å². The predicted octanol–water partition coefficient (Wildman–Crippen LogP) is 2.01. The van der Waals surface area contributed by atoms with Crippen LogP contribution in [0.4, 0.5) is 13.2 Å². The Bertz CT molecular complexity index is 349. The molecule has 0 aliphatic heterocycles. The second kappa shape index (κ2) is 4.20. The smallest absolute Gasteiger partial charge is 0.394 e. The molecule has 15 heavy (non-hydrogen) atoms. The number of nitrogens with two attached hydrogens (primary N) is 1. The van der Waals surface area contributed by atoms with Crippen molar-refractivity contribution in [1.29, 1.82) is 0 Å². The number of aliphatic hydroxyl groups excluding tert-OH is 1. The number of benzene rings is 1. The summed E-state index contributed by atoms with van der Waals surface area (Å²) in [4.78, 5) is 0. The summed E-state index contributed by atoms with van der Waals surface area (Å²) in [5, 5.41) is 8.80.